The van der Waals surface area contributed by atoms with Gasteiger partial charge in [0.05, 0.1) is 11.0 Å². The Morgan fingerprint density at radius 1 is 1.50 bits per heavy atom. The van der Waals surface area contributed by atoms with Crippen LogP contribution < -0.4 is 11.0 Å². The minimum atomic E-state index is -0.313. The monoisotopic (exact) mass is 221 g/mol. The molecule has 4 nitrogen and oxygen atoms in total. The molecule has 1 atom stereocenters. The molecular weight excluding hydrogens is 209 g/mol. The predicted molar refractivity (Wildman–Crippen MR) is 58.8 cm³/mol. The first kappa shape index (κ1) is 9.59. The molecule has 1 aromatic carbocycles. The number of halogens is 1. The summed E-state index contributed by atoms with van der Waals surface area (Å²) in [5.41, 5.74) is 2.06. The third kappa shape index (κ3) is 1.28. The van der Waals surface area contributed by atoms with Crippen molar-refractivity contribution in [2.45, 2.75) is 26.1 Å². The second-order valence-electron chi connectivity index (χ2n) is 4.28. The predicted octanol–water partition coefficient (Wildman–Crippen LogP) is 0.960. The number of nitrogens with one attached hydrogen (secondary N) is 2. The summed E-state index contributed by atoms with van der Waals surface area (Å²) in [6.07, 6.45) is 0. The standard InChI is InChI=1S/C11H12FN3O/c1-6-5-15-10-7(4-13-6)2-8(12)3-9(10)14-11(15)16/h2-3,6,13H,4-5H2,1H3,(H,14,16)/t6-/m0/s1. The van der Waals surface area contributed by atoms with Crippen molar-refractivity contribution in [1.82, 2.24) is 14.9 Å². The van der Waals surface area contributed by atoms with Crippen LogP contribution in [0.3, 0.4) is 0 Å². The molecule has 1 aliphatic rings. The molecule has 0 bridgehead atoms. The van der Waals surface area contributed by atoms with Crippen molar-refractivity contribution in [3.8, 4) is 0 Å². The van der Waals surface area contributed by atoms with E-state index in [1.807, 2.05) is 6.92 Å². The summed E-state index contributed by atoms with van der Waals surface area (Å²) in [7, 11) is 0. The number of imidazole rings is 1. The minimum absolute atomic E-state index is 0.169. The lowest BCUT2D eigenvalue weighted by molar-refractivity contribution is 0.490. The van der Waals surface area contributed by atoms with Crippen LogP contribution in [0, 0.1) is 5.82 Å². The van der Waals surface area contributed by atoms with Gasteiger partial charge in [0.25, 0.3) is 0 Å². The van der Waals surface area contributed by atoms with Gasteiger partial charge in [-0.1, -0.05) is 0 Å². The number of rotatable bonds is 0. The number of nitrogens with zero attached hydrogens (tertiary/aromatic N) is 1. The maximum atomic E-state index is 13.3. The molecule has 0 saturated carbocycles. The van der Waals surface area contributed by atoms with Crippen molar-refractivity contribution >= 4 is 11.0 Å². The molecule has 2 heterocycles. The molecular formula is C11H12FN3O. The molecule has 0 unspecified atom stereocenters. The van der Waals surface area contributed by atoms with Gasteiger partial charge >= 0.3 is 5.69 Å². The van der Waals surface area contributed by atoms with E-state index < -0.39 is 0 Å². The summed E-state index contributed by atoms with van der Waals surface area (Å²) >= 11 is 0. The first-order valence-corrected chi connectivity index (χ1v) is 5.29. The van der Waals surface area contributed by atoms with E-state index in [9.17, 15) is 9.18 Å². The molecule has 0 saturated heterocycles. The summed E-state index contributed by atoms with van der Waals surface area (Å²) in [6.45, 7) is 3.21. The third-order valence-electron chi connectivity index (χ3n) is 3.01. The number of aromatic amines is 1. The van der Waals surface area contributed by atoms with Crippen molar-refractivity contribution in [2.24, 2.45) is 0 Å². The van der Waals surface area contributed by atoms with Crippen molar-refractivity contribution in [2.75, 3.05) is 0 Å². The number of benzene rings is 1. The van der Waals surface area contributed by atoms with Gasteiger partial charge in [-0.2, -0.15) is 0 Å². The molecule has 1 aliphatic heterocycles. The Kier molecular flexibility index (Phi) is 1.91. The smallest absolute Gasteiger partial charge is 0.308 e. The van der Waals surface area contributed by atoms with Gasteiger partial charge in [-0.25, -0.2) is 9.18 Å². The molecule has 2 N–H and O–H groups in total. The topological polar surface area (TPSA) is 49.8 Å². The Bertz CT molecular complexity index is 613. The van der Waals surface area contributed by atoms with Gasteiger partial charge in [-0.3, -0.25) is 4.57 Å². The SMILES string of the molecule is C[C@H]1Cn2c(=O)[nH]c3cc(F)cc(c32)CN1. The van der Waals surface area contributed by atoms with Crippen LogP contribution in [0.1, 0.15) is 12.5 Å². The van der Waals surface area contributed by atoms with Crippen LogP contribution in [0.15, 0.2) is 16.9 Å². The van der Waals surface area contributed by atoms with Crippen molar-refractivity contribution in [3.05, 3.63) is 34.0 Å². The van der Waals surface area contributed by atoms with E-state index >= 15 is 0 Å². The van der Waals surface area contributed by atoms with Crippen molar-refractivity contribution < 1.29 is 4.39 Å². The van der Waals surface area contributed by atoms with E-state index in [0.29, 0.717) is 18.6 Å². The Labute approximate surface area is 91.1 Å². The summed E-state index contributed by atoms with van der Waals surface area (Å²) in [5.74, 6) is -0.313. The Morgan fingerprint density at radius 2 is 2.31 bits per heavy atom. The minimum Gasteiger partial charge on any atom is -0.308 e. The van der Waals surface area contributed by atoms with E-state index in [0.717, 1.165) is 11.1 Å². The van der Waals surface area contributed by atoms with E-state index in [-0.39, 0.29) is 17.5 Å². The van der Waals surface area contributed by atoms with E-state index in [4.69, 9.17) is 0 Å². The Morgan fingerprint density at radius 3 is 3.12 bits per heavy atom. The van der Waals surface area contributed by atoms with Crippen LogP contribution >= 0.6 is 0 Å². The van der Waals surface area contributed by atoms with Crippen molar-refractivity contribution in [1.29, 1.82) is 0 Å². The van der Waals surface area contributed by atoms with Gasteiger partial charge in [-0.15, -0.1) is 0 Å². The lowest BCUT2D eigenvalue weighted by Crippen LogP contribution is -2.30. The van der Waals surface area contributed by atoms with Crippen LogP contribution in [-0.2, 0) is 13.1 Å². The molecule has 2 aromatic rings. The van der Waals surface area contributed by atoms with E-state index in [1.54, 1.807) is 4.57 Å². The molecule has 3 rings (SSSR count). The summed E-state index contributed by atoms with van der Waals surface area (Å²) < 4.78 is 15.0. The normalized spacial score (nSPS) is 20.0. The fourth-order valence-corrected chi connectivity index (χ4v) is 2.29. The van der Waals surface area contributed by atoms with Crippen LogP contribution in [0.2, 0.25) is 0 Å². The largest absolute Gasteiger partial charge is 0.326 e. The number of aromatic nitrogens is 2. The molecule has 5 heteroatoms. The highest BCUT2D eigenvalue weighted by atomic mass is 19.1. The highest BCUT2D eigenvalue weighted by molar-refractivity contribution is 5.79. The van der Waals surface area contributed by atoms with Crippen LogP contribution in [0.25, 0.3) is 11.0 Å². The van der Waals surface area contributed by atoms with Gasteiger partial charge in [-0.05, 0) is 24.6 Å². The molecule has 1 aromatic heterocycles. The summed E-state index contributed by atoms with van der Waals surface area (Å²) in [6, 6.07) is 3.05. The fraction of sp³-hybridized carbons (Fsp3) is 0.364. The van der Waals surface area contributed by atoms with Crippen LogP contribution in [0.5, 0.6) is 0 Å². The molecule has 0 spiro atoms. The zero-order valence-corrected chi connectivity index (χ0v) is 8.88. The highest BCUT2D eigenvalue weighted by Crippen LogP contribution is 2.20. The maximum Gasteiger partial charge on any atom is 0.326 e. The lowest BCUT2D eigenvalue weighted by atomic mass is 10.2. The quantitative estimate of drug-likeness (QED) is 0.696. The van der Waals surface area contributed by atoms with E-state index in [2.05, 4.69) is 10.3 Å². The second kappa shape index (κ2) is 3.18. The second-order valence-corrected chi connectivity index (χ2v) is 4.28. The first-order chi connectivity index (χ1) is 7.65. The number of H-pyrrole nitrogens is 1. The zero-order valence-electron chi connectivity index (χ0n) is 8.88. The molecule has 0 aliphatic carbocycles. The summed E-state index contributed by atoms with van der Waals surface area (Å²) in [5, 5.41) is 3.25. The lowest BCUT2D eigenvalue weighted by Gasteiger charge is -2.08. The molecule has 0 fully saturated rings. The van der Waals surface area contributed by atoms with Crippen LogP contribution in [-0.4, -0.2) is 15.6 Å². The average Bonchev–Trinajstić information content (AvgIpc) is 2.43. The molecule has 84 valence electrons. The van der Waals surface area contributed by atoms with Gasteiger partial charge in [0, 0.05) is 19.1 Å². The van der Waals surface area contributed by atoms with Gasteiger partial charge < -0.3 is 10.3 Å². The average molecular weight is 221 g/mol. The number of hydrogen-bond donors (Lipinski definition) is 2. The maximum absolute atomic E-state index is 13.3. The van der Waals surface area contributed by atoms with Gasteiger partial charge in [0.15, 0.2) is 0 Å². The van der Waals surface area contributed by atoms with E-state index in [1.165, 1.54) is 12.1 Å². The van der Waals surface area contributed by atoms with Gasteiger partial charge in [0.2, 0.25) is 0 Å². The highest BCUT2D eigenvalue weighted by Gasteiger charge is 2.18. The molecule has 16 heavy (non-hydrogen) atoms. The molecule has 0 radical (unpaired) electrons. The number of hydrogen-bond acceptors (Lipinski definition) is 2. The third-order valence-corrected chi connectivity index (χ3v) is 3.01. The Hall–Kier alpha value is -1.62. The molecule has 0 amide bonds. The zero-order chi connectivity index (χ0) is 11.3. The first-order valence-electron chi connectivity index (χ1n) is 5.29. The van der Waals surface area contributed by atoms with Crippen LogP contribution in [0.4, 0.5) is 4.39 Å². The van der Waals surface area contributed by atoms with Crippen molar-refractivity contribution in [3.63, 3.8) is 0 Å². The fourth-order valence-electron chi connectivity index (χ4n) is 2.29. The summed E-state index contributed by atoms with van der Waals surface area (Å²) in [4.78, 5) is 14.4. The Balaban J connectivity index is 2.40. The van der Waals surface area contributed by atoms with Gasteiger partial charge in [0.1, 0.15) is 5.82 Å².